The molecule has 2 aliphatic heterocycles. The van der Waals surface area contributed by atoms with Crippen molar-refractivity contribution in [2.24, 2.45) is 0 Å². The molecule has 0 bridgehead atoms. The van der Waals surface area contributed by atoms with Crippen LogP contribution in [0.25, 0.3) is 0 Å². The summed E-state index contributed by atoms with van der Waals surface area (Å²) in [7, 11) is 1.52. The number of piperazine rings is 1. The average molecular weight is 212 g/mol. The molecule has 0 aromatic rings. The van der Waals surface area contributed by atoms with Crippen LogP contribution in [0.4, 0.5) is 0 Å². The lowest BCUT2D eigenvalue weighted by Crippen LogP contribution is -2.53. The number of carbonyl (C=O) groups is 2. The molecule has 0 spiro atoms. The molecule has 2 amide bonds. The van der Waals surface area contributed by atoms with Crippen molar-refractivity contribution in [2.45, 2.75) is 18.9 Å². The lowest BCUT2D eigenvalue weighted by atomic mass is 10.1. The van der Waals surface area contributed by atoms with Gasteiger partial charge in [0.25, 0.3) is 0 Å². The lowest BCUT2D eigenvalue weighted by Gasteiger charge is -2.37. The van der Waals surface area contributed by atoms with Crippen LogP contribution < -0.4 is 0 Å². The van der Waals surface area contributed by atoms with E-state index in [1.165, 1.54) is 7.11 Å². The minimum atomic E-state index is 0.0245. The van der Waals surface area contributed by atoms with Crippen molar-refractivity contribution in [3.8, 4) is 0 Å². The molecule has 5 nitrogen and oxygen atoms in total. The largest absolute Gasteiger partial charge is 0.375 e. The third-order valence-corrected chi connectivity index (χ3v) is 3.12. The maximum absolute atomic E-state index is 11.6. The molecule has 2 saturated heterocycles. The number of amides is 2. The Balaban J connectivity index is 1.93. The van der Waals surface area contributed by atoms with Gasteiger partial charge in [0.15, 0.2) is 0 Å². The lowest BCUT2D eigenvalue weighted by molar-refractivity contribution is -0.141. The van der Waals surface area contributed by atoms with E-state index in [2.05, 4.69) is 0 Å². The Hall–Kier alpha value is -1.10. The van der Waals surface area contributed by atoms with Crippen LogP contribution in [-0.4, -0.2) is 61.0 Å². The maximum Gasteiger partial charge on any atom is 0.248 e. The fourth-order valence-electron chi connectivity index (χ4n) is 2.31. The number of nitrogens with zero attached hydrogens (tertiary/aromatic N) is 2. The summed E-state index contributed by atoms with van der Waals surface area (Å²) in [5.41, 5.74) is 0. The minimum absolute atomic E-state index is 0.0245. The third-order valence-electron chi connectivity index (χ3n) is 3.12. The summed E-state index contributed by atoms with van der Waals surface area (Å²) in [6.07, 6.45) is 1.52. The molecule has 0 saturated carbocycles. The molecule has 0 aromatic carbocycles. The fraction of sp³-hybridized carbons (Fsp3) is 0.800. The molecule has 1 unspecified atom stereocenters. The highest BCUT2D eigenvalue weighted by Crippen LogP contribution is 2.22. The molecule has 15 heavy (non-hydrogen) atoms. The highest BCUT2D eigenvalue weighted by molar-refractivity contribution is 5.81. The second-order valence-corrected chi connectivity index (χ2v) is 4.05. The number of ether oxygens (including phenoxy) is 1. The number of carbonyl (C=O) groups excluding carboxylic acids is 2. The highest BCUT2D eigenvalue weighted by Gasteiger charge is 2.36. The SMILES string of the molecule is COCC(=O)N1CCN2C(=O)CCC2C1. The zero-order chi connectivity index (χ0) is 10.8. The van der Waals surface area contributed by atoms with E-state index in [0.717, 1.165) is 6.42 Å². The summed E-state index contributed by atoms with van der Waals surface area (Å²) in [5.74, 6) is 0.260. The van der Waals surface area contributed by atoms with Gasteiger partial charge in [-0.15, -0.1) is 0 Å². The predicted octanol–water partition coefficient (Wildman–Crippen LogP) is -0.534. The van der Waals surface area contributed by atoms with Gasteiger partial charge in [-0.05, 0) is 6.42 Å². The van der Waals surface area contributed by atoms with E-state index in [1.54, 1.807) is 4.90 Å². The number of fused-ring (bicyclic) bond motifs is 1. The molecule has 2 aliphatic rings. The molecule has 2 rings (SSSR count). The molecule has 0 radical (unpaired) electrons. The first-order valence-electron chi connectivity index (χ1n) is 5.28. The van der Waals surface area contributed by atoms with E-state index in [9.17, 15) is 9.59 Å². The minimum Gasteiger partial charge on any atom is -0.375 e. The Kier molecular flexibility index (Phi) is 2.90. The number of hydrogen-bond donors (Lipinski definition) is 0. The fourth-order valence-corrected chi connectivity index (χ4v) is 2.31. The average Bonchev–Trinajstić information content (AvgIpc) is 2.60. The molecule has 2 heterocycles. The van der Waals surface area contributed by atoms with Gasteiger partial charge >= 0.3 is 0 Å². The van der Waals surface area contributed by atoms with Crippen molar-refractivity contribution >= 4 is 11.8 Å². The molecule has 0 aromatic heterocycles. The molecule has 5 heteroatoms. The van der Waals surface area contributed by atoms with Gasteiger partial charge < -0.3 is 14.5 Å². The van der Waals surface area contributed by atoms with Crippen LogP contribution >= 0.6 is 0 Å². The molecule has 0 aliphatic carbocycles. The van der Waals surface area contributed by atoms with Crippen LogP contribution in [0.2, 0.25) is 0 Å². The van der Waals surface area contributed by atoms with E-state index < -0.39 is 0 Å². The van der Waals surface area contributed by atoms with Gasteiger partial charge in [0.05, 0.1) is 0 Å². The van der Waals surface area contributed by atoms with Crippen LogP contribution in [0.15, 0.2) is 0 Å². The topological polar surface area (TPSA) is 49.9 Å². The summed E-state index contributed by atoms with van der Waals surface area (Å²) in [5, 5.41) is 0. The molecule has 84 valence electrons. The van der Waals surface area contributed by atoms with E-state index in [-0.39, 0.29) is 24.5 Å². The van der Waals surface area contributed by atoms with Crippen molar-refractivity contribution in [3.63, 3.8) is 0 Å². The van der Waals surface area contributed by atoms with Gasteiger partial charge in [-0.25, -0.2) is 0 Å². The van der Waals surface area contributed by atoms with Gasteiger partial charge in [0.2, 0.25) is 11.8 Å². The summed E-state index contributed by atoms with van der Waals surface area (Å²) in [4.78, 5) is 26.7. The zero-order valence-corrected chi connectivity index (χ0v) is 8.94. The molecule has 0 N–H and O–H groups in total. The van der Waals surface area contributed by atoms with Crippen molar-refractivity contribution in [2.75, 3.05) is 33.4 Å². The predicted molar refractivity (Wildman–Crippen MR) is 53.2 cm³/mol. The van der Waals surface area contributed by atoms with Crippen molar-refractivity contribution in [3.05, 3.63) is 0 Å². The molecular formula is C10H16N2O3. The van der Waals surface area contributed by atoms with Gasteiger partial charge in [-0.2, -0.15) is 0 Å². The second-order valence-electron chi connectivity index (χ2n) is 4.05. The second kappa shape index (κ2) is 4.18. The van der Waals surface area contributed by atoms with Crippen LogP contribution in [0.3, 0.4) is 0 Å². The standard InChI is InChI=1S/C10H16N2O3/c1-15-7-10(14)11-4-5-12-8(6-11)2-3-9(12)13/h8H,2-7H2,1H3. The van der Waals surface area contributed by atoms with Gasteiger partial charge in [0, 0.05) is 39.2 Å². The summed E-state index contributed by atoms with van der Waals surface area (Å²) in [6.45, 7) is 2.14. The van der Waals surface area contributed by atoms with E-state index in [4.69, 9.17) is 4.74 Å². The van der Waals surface area contributed by atoms with Crippen LogP contribution in [-0.2, 0) is 14.3 Å². The Morgan fingerprint density at radius 1 is 1.53 bits per heavy atom. The first kappa shape index (κ1) is 10.4. The van der Waals surface area contributed by atoms with Gasteiger partial charge in [-0.1, -0.05) is 0 Å². The van der Waals surface area contributed by atoms with E-state index >= 15 is 0 Å². The Morgan fingerprint density at radius 2 is 2.33 bits per heavy atom. The Labute approximate surface area is 89.0 Å². The van der Waals surface area contributed by atoms with Crippen molar-refractivity contribution in [1.82, 2.24) is 9.80 Å². The summed E-state index contributed by atoms with van der Waals surface area (Å²) >= 11 is 0. The van der Waals surface area contributed by atoms with Gasteiger partial charge in [-0.3, -0.25) is 9.59 Å². The number of methoxy groups -OCH3 is 1. The zero-order valence-electron chi connectivity index (χ0n) is 8.94. The first-order chi connectivity index (χ1) is 7.22. The highest BCUT2D eigenvalue weighted by atomic mass is 16.5. The number of rotatable bonds is 2. The molecular weight excluding hydrogens is 196 g/mol. The Morgan fingerprint density at radius 3 is 3.07 bits per heavy atom. The van der Waals surface area contributed by atoms with Crippen molar-refractivity contribution in [1.29, 1.82) is 0 Å². The smallest absolute Gasteiger partial charge is 0.248 e. The third kappa shape index (κ3) is 1.97. The van der Waals surface area contributed by atoms with Gasteiger partial charge in [0.1, 0.15) is 6.61 Å². The normalized spacial score (nSPS) is 25.7. The summed E-state index contributed by atoms with van der Waals surface area (Å²) in [6, 6.07) is 0.243. The van der Waals surface area contributed by atoms with Crippen LogP contribution in [0.1, 0.15) is 12.8 Å². The molecule has 1 atom stereocenters. The summed E-state index contributed by atoms with van der Waals surface area (Å²) < 4.78 is 4.82. The maximum atomic E-state index is 11.6. The van der Waals surface area contributed by atoms with E-state index in [1.807, 2.05) is 4.90 Å². The monoisotopic (exact) mass is 212 g/mol. The Bertz CT molecular complexity index is 280. The number of hydrogen-bond acceptors (Lipinski definition) is 3. The van der Waals surface area contributed by atoms with Crippen molar-refractivity contribution < 1.29 is 14.3 Å². The van der Waals surface area contributed by atoms with Crippen LogP contribution in [0.5, 0.6) is 0 Å². The molecule has 2 fully saturated rings. The van der Waals surface area contributed by atoms with Crippen LogP contribution in [0, 0.1) is 0 Å². The van der Waals surface area contributed by atoms with E-state index in [0.29, 0.717) is 26.1 Å². The quantitative estimate of drug-likeness (QED) is 0.618. The first-order valence-corrected chi connectivity index (χ1v) is 5.28.